The van der Waals surface area contributed by atoms with Crippen molar-refractivity contribution in [1.29, 1.82) is 0 Å². The SMILES string of the molecule is CC/C=C\C/C=C\C/C=C\C/C=C\C/C=C\C/C=C\C/C=C\C/C=C\C/C=C\CCCCCCCCCCCCCCCC(=O)OC(COC(=O)CCCCCCC/C=C\CCCCCCC)COC(OCC[N+](C)(C)C)C(=O)[O-]. The van der Waals surface area contributed by atoms with Gasteiger partial charge < -0.3 is 33.3 Å². The quantitative estimate of drug-likeness (QED) is 0.0195. The monoisotopic (exact) mass is 1110 g/mol. The molecule has 0 bridgehead atoms. The van der Waals surface area contributed by atoms with Gasteiger partial charge in [0.05, 0.1) is 40.3 Å². The number of carboxylic acid groups (broad SMARTS) is 1. The normalized spacial score (nSPS) is 13.6. The number of aliphatic carboxylic acids is 1. The van der Waals surface area contributed by atoms with E-state index in [1.54, 1.807) is 0 Å². The Morgan fingerprint density at radius 3 is 1.07 bits per heavy atom. The molecule has 0 heterocycles. The van der Waals surface area contributed by atoms with Gasteiger partial charge in [-0.25, -0.2) is 0 Å². The summed E-state index contributed by atoms with van der Waals surface area (Å²) in [5.41, 5.74) is 0. The van der Waals surface area contributed by atoms with Gasteiger partial charge in [0.2, 0.25) is 0 Å². The van der Waals surface area contributed by atoms with E-state index >= 15 is 0 Å². The largest absolute Gasteiger partial charge is 0.545 e. The number of likely N-dealkylation sites (N-methyl/N-ethyl adjacent to an activating group) is 1. The topological polar surface area (TPSA) is 111 Å². The number of esters is 2. The third-order valence-electron chi connectivity index (χ3n) is 13.4. The zero-order valence-electron chi connectivity index (χ0n) is 51.9. The lowest BCUT2D eigenvalue weighted by molar-refractivity contribution is -0.870. The fourth-order valence-corrected chi connectivity index (χ4v) is 8.52. The van der Waals surface area contributed by atoms with Gasteiger partial charge in [-0.2, -0.15) is 0 Å². The number of quaternary nitrogens is 1. The summed E-state index contributed by atoms with van der Waals surface area (Å²) in [5, 5.41) is 11.8. The van der Waals surface area contributed by atoms with Gasteiger partial charge in [0, 0.05) is 12.8 Å². The molecule has 9 heteroatoms. The minimum absolute atomic E-state index is 0.142. The fraction of sp³-hybridized carbons (Fsp3) is 0.676. The van der Waals surface area contributed by atoms with Gasteiger partial charge in [0.25, 0.3) is 0 Å². The molecule has 0 aromatic carbocycles. The molecule has 0 rings (SSSR count). The van der Waals surface area contributed by atoms with Crippen molar-refractivity contribution in [3.8, 4) is 0 Å². The number of nitrogens with zero attached hydrogens (tertiary/aromatic N) is 1. The Labute approximate surface area is 491 Å². The van der Waals surface area contributed by atoms with Crippen LogP contribution in [0.3, 0.4) is 0 Å². The second-order valence-corrected chi connectivity index (χ2v) is 22.3. The van der Waals surface area contributed by atoms with E-state index in [4.69, 9.17) is 18.9 Å². The minimum atomic E-state index is -1.63. The summed E-state index contributed by atoms with van der Waals surface area (Å²) in [6.45, 7) is 4.61. The highest BCUT2D eigenvalue weighted by Gasteiger charge is 2.22. The Balaban J connectivity index is 4.08. The molecule has 0 aliphatic rings. The van der Waals surface area contributed by atoms with Gasteiger partial charge in [-0.3, -0.25) is 9.59 Å². The Kier molecular flexibility index (Phi) is 57.5. The van der Waals surface area contributed by atoms with E-state index in [0.717, 1.165) is 116 Å². The molecule has 0 radical (unpaired) electrons. The second-order valence-electron chi connectivity index (χ2n) is 22.3. The van der Waals surface area contributed by atoms with Crippen LogP contribution in [0.5, 0.6) is 0 Å². The highest BCUT2D eigenvalue weighted by Crippen LogP contribution is 2.16. The van der Waals surface area contributed by atoms with E-state index in [9.17, 15) is 19.5 Å². The van der Waals surface area contributed by atoms with Gasteiger partial charge in [-0.15, -0.1) is 0 Å². The first-order chi connectivity index (χ1) is 39.1. The number of carbonyl (C=O) groups excluding carboxylic acids is 3. The lowest BCUT2D eigenvalue weighted by atomic mass is 10.0. The molecule has 0 aromatic heterocycles. The Bertz CT molecular complexity index is 1730. The van der Waals surface area contributed by atoms with E-state index in [1.165, 1.54) is 103 Å². The number of hydrogen-bond donors (Lipinski definition) is 0. The average molecular weight is 1110 g/mol. The molecule has 0 fully saturated rings. The zero-order valence-corrected chi connectivity index (χ0v) is 51.9. The standard InChI is InChI=1S/C71H119NO8/c1-6-8-10-12-14-16-18-20-22-23-24-25-26-27-28-29-30-31-32-33-34-35-36-37-38-39-40-41-42-43-44-45-46-47-48-50-52-54-56-58-60-62-69(74)80-67(66-79-71(70(75)76)77-64-63-72(3,4)5)65-78-68(73)61-59-57-55-53-51-49-21-19-17-15-13-11-9-7-2/h8,10,14,16,19-22,24-25,27-28,30-31,33-34,36-37,39-40,67,71H,6-7,9,11-13,15,17-18,23,26,29,32,35,38,41-66H2,1-5H3/b10-8-,16-14-,21-19-,22-20-,25-24-,28-27-,31-30-,34-33-,37-36-,40-39-. The Hall–Kier alpha value is -4.31. The molecule has 0 aliphatic heterocycles. The van der Waals surface area contributed by atoms with Crippen molar-refractivity contribution in [3.05, 3.63) is 122 Å². The van der Waals surface area contributed by atoms with E-state index < -0.39 is 24.3 Å². The maximum absolute atomic E-state index is 12.9. The molecule has 0 saturated heterocycles. The van der Waals surface area contributed by atoms with Gasteiger partial charge in [-0.1, -0.05) is 251 Å². The van der Waals surface area contributed by atoms with Crippen LogP contribution in [-0.2, 0) is 33.3 Å². The highest BCUT2D eigenvalue weighted by molar-refractivity contribution is 5.70. The predicted octanol–water partition coefficient (Wildman–Crippen LogP) is 18.3. The third kappa shape index (κ3) is 61.3. The van der Waals surface area contributed by atoms with Crippen LogP contribution < -0.4 is 5.11 Å². The first kappa shape index (κ1) is 75.7. The maximum Gasteiger partial charge on any atom is 0.306 e. The van der Waals surface area contributed by atoms with Gasteiger partial charge in [0.1, 0.15) is 13.2 Å². The summed E-state index contributed by atoms with van der Waals surface area (Å²) >= 11 is 0. The van der Waals surface area contributed by atoms with Crippen molar-refractivity contribution in [2.24, 2.45) is 0 Å². The number of unbranched alkanes of at least 4 members (excludes halogenated alkanes) is 23. The summed E-state index contributed by atoms with van der Waals surface area (Å²) in [4.78, 5) is 37.3. The van der Waals surface area contributed by atoms with Crippen LogP contribution in [0.25, 0.3) is 0 Å². The van der Waals surface area contributed by atoms with E-state index in [-0.39, 0.29) is 38.6 Å². The molecule has 0 saturated carbocycles. The van der Waals surface area contributed by atoms with Crippen molar-refractivity contribution in [1.82, 2.24) is 0 Å². The lowest BCUT2D eigenvalue weighted by Crippen LogP contribution is -2.44. The summed E-state index contributed by atoms with van der Waals surface area (Å²) in [6, 6.07) is 0. The molecule has 9 nitrogen and oxygen atoms in total. The first-order valence-electron chi connectivity index (χ1n) is 32.2. The van der Waals surface area contributed by atoms with Crippen LogP contribution in [0.15, 0.2) is 122 Å². The van der Waals surface area contributed by atoms with E-state index in [2.05, 4.69) is 135 Å². The smallest absolute Gasteiger partial charge is 0.306 e. The van der Waals surface area contributed by atoms with Crippen molar-refractivity contribution >= 4 is 17.9 Å². The molecule has 0 aliphatic carbocycles. The van der Waals surface area contributed by atoms with Crippen molar-refractivity contribution in [2.45, 2.75) is 264 Å². The molecule has 0 amide bonds. The molecule has 2 atom stereocenters. The van der Waals surface area contributed by atoms with Crippen molar-refractivity contribution < 1.29 is 42.9 Å². The Morgan fingerprint density at radius 1 is 0.388 bits per heavy atom. The Morgan fingerprint density at radius 2 is 0.713 bits per heavy atom. The summed E-state index contributed by atoms with van der Waals surface area (Å²) < 4.78 is 22.7. The average Bonchev–Trinajstić information content (AvgIpc) is 3.43. The number of allylic oxidation sites excluding steroid dienone is 20. The molecule has 456 valence electrons. The van der Waals surface area contributed by atoms with Crippen LogP contribution in [0, 0.1) is 0 Å². The van der Waals surface area contributed by atoms with Crippen molar-refractivity contribution in [3.63, 3.8) is 0 Å². The molecule has 80 heavy (non-hydrogen) atoms. The summed E-state index contributed by atoms with van der Waals surface area (Å²) in [7, 11) is 5.92. The number of ether oxygens (including phenoxy) is 4. The molecular weight excluding hydrogens is 995 g/mol. The molecule has 0 N–H and O–H groups in total. The molecular formula is C71H119NO8. The van der Waals surface area contributed by atoms with Crippen LogP contribution in [0.2, 0.25) is 0 Å². The van der Waals surface area contributed by atoms with Crippen LogP contribution in [0.1, 0.15) is 251 Å². The summed E-state index contributed by atoms with van der Waals surface area (Å²) in [5.74, 6) is -2.30. The van der Waals surface area contributed by atoms with Gasteiger partial charge in [0.15, 0.2) is 12.4 Å². The highest BCUT2D eigenvalue weighted by atomic mass is 16.7. The van der Waals surface area contributed by atoms with E-state index in [0.29, 0.717) is 17.4 Å². The van der Waals surface area contributed by atoms with Crippen molar-refractivity contribution in [2.75, 3.05) is 47.5 Å². The third-order valence-corrected chi connectivity index (χ3v) is 13.4. The number of carbonyl (C=O) groups is 3. The van der Waals surface area contributed by atoms with Gasteiger partial charge >= 0.3 is 11.9 Å². The first-order valence-corrected chi connectivity index (χ1v) is 32.2. The molecule has 0 spiro atoms. The predicted molar refractivity (Wildman–Crippen MR) is 338 cm³/mol. The maximum atomic E-state index is 12.9. The molecule has 0 aromatic rings. The minimum Gasteiger partial charge on any atom is -0.545 e. The lowest BCUT2D eigenvalue weighted by Gasteiger charge is -2.26. The number of rotatable bonds is 58. The van der Waals surface area contributed by atoms with Crippen LogP contribution in [-0.4, -0.2) is 82.3 Å². The number of carboxylic acids is 1. The second kappa shape index (κ2) is 60.8. The number of hydrogen-bond acceptors (Lipinski definition) is 8. The zero-order chi connectivity index (χ0) is 58.3. The van der Waals surface area contributed by atoms with E-state index in [1.807, 2.05) is 21.1 Å². The van der Waals surface area contributed by atoms with Gasteiger partial charge in [-0.05, 0) is 109 Å². The van der Waals surface area contributed by atoms with Crippen LogP contribution in [0.4, 0.5) is 0 Å². The summed E-state index contributed by atoms with van der Waals surface area (Å²) in [6.07, 6.45) is 82.7. The molecule has 2 unspecified atom stereocenters. The van der Waals surface area contributed by atoms with Crippen LogP contribution >= 0.6 is 0 Å². The fourth-order valence-electron chi connectivity index (χ4n) is 8.52.